The SMILES string of the molecule is C#CC(ON=C1c2cc(OC)c(OC)cc2-c2[nH]c3ccc(OCCN(C)C)cc3c21)c1ccc(F)cc1.Cl. The lowest BCUT2D eigenvalue weighted by molar-refractivity contribution is 0.100. The maximum atomic E-state index is 13.5. The van der Waals surface area contributed by atoms with Gasteiger partial charge in [0.25, 0.3) is 0 Å². The molecule has 0 amide bonds. The number of nitrogens with one attached hydrogen (secondary N) is 1. The van der Waals surface area contributed by atoms with E-state index in [9.17, 15) is 4.39 Å². The van der Waals surface area contributed by atoms with Crippen molar-refractivity contribution in [1.82, 2.24) is 9.88 Å². The number of H-pyrrole nitrogens is 1. The Bertz CT molecular complexity index is 1560. The molecule has 5 rings (SSSR count). The smallest absolute Gasteiger partial charge is 0.212 e. The van der Waals surface area contributed by atoms with Gasteiger partial charge in [0.15, 0.2) is 11.5 Å². The number of rotatable bonds is 9. The number of oxime groups is 1. The van der Waals surface area contributed by atoms with Crippen LogP contribution >= 0.6 is 12.4 Å². The molecular formula is C30H29ClFN3O4. The molecule has 39 heavy (non-hydrogen) atoms. The second-order valence-corrected chi connectivity index (χ2v) is 9.13. The van der Waals surface area contributed by atoms with Gasteiger partial charge in [-0.2, -0.15) is 0 Å². The van der Waals surface area contributed by atoms with Gasteiger partial charge in [-0.1, -0.05) is 23.2 Å². The number of aromatic nitrogens is 1. The van der Waals surface area contributed by atoms with Crippen molar-refractivity contribution in [3.8, 4) is 40.8 Å². The fraction of sp³-hybridized carbons (Fsp3) is 0.233. The highest BCUT2D eigenvalue weighted by Crippen LogP contribution is 2.46. The third kappa shape index (κ3) is 5.37. The molecule has 1 heterocycles. The number of fused-ring (bicyclic) bond motifs is 5. The molecule has 0 saturated heterocycles. The van der Waals surface area contributed by atoms with Crippen molar-refractivity contribution in [1.29, 1.82) is 0 Å². The van der Waals surface area contributed by atoms with Gasteiger partial charge in [-0.05, 0) is 56.6 Å². The molecule has 0 saturated carbocycles. The Morgan fingerprint density at radius 1 is 1.00 bits per heavy atom. The Labute approximate surface area is 232 Å². The molecule has 0 fully saturated rings. The van der Waals surface area contributed by atoms with E-state index in [0.29, 0.717) is 29.4 Å². The number of hydrogen-bond donors (Lipinski definition) is 1. The maximum absolute atomic E-state index is 13.5. The van der Waals surface area contributed by atoms with Gasteiger partial charge >= 0.3 is 0 Å². The summed E-state index contributed by atoms with van der Waals surface area (Å²) in [7, 11) is 7.19. The van der Waals surface area contributed by atoms with Crippen LogP contribution in [0.15, 0.2) is 59.8 Å². The fourth-order valence-corrected chi connectivity index (χ4v) is 4.50. The summed E-state index contributed by atoms with van der Waals surface area (Å²) < 4.78 is 30.6. The second-order valence-electron chi connectivity index (χ2n) is 9.13. The van der Waals surface area contributed by atoms with E-state index >= 15 is 0 Å². The largest absolute Gasteiger partial charge is 0.493 e. The predicted octanol–water partition coefficient (Wildman–Crippen LogP) is 5.81. The van der Waals surface area contributed by atoms with E-state index in [1.165, 1.54) is 12.1 Å². The summed E-state index contributed by atoms with van der Waals surface area (Å²) in [6.45, 7) is 1.36. The fourth-order valence-electron chi connectivity index (χ4n) is 4.50. The quantitative estimate of drug-likeness (QED) is 0.186. The third-order valence-electron chi connectivity index (χ3n) is 6.44. The minimum atomic E-state index is -0.800. The van der Waals surface area contributed by atoms with Gasteiger partial charge in [0.1, 0.15) is 23.9 Å². The van der Waals surface area contributed by atoms with Crippen LogP contribution in [0.2, 0.25) is 0 Å². The first-order chi connectivity index (χ1) is 18.4. The average molecular weight is 550 g/mol. The van der Waals surface area contributed by atoms with E-state index in [4.69, 9.17) is 25.5 Å². The van der Waals surface area contributed by atoms with Crippen LogP contribution in [0.1, 0.15) is 22.8 Å². The number of ether oxygens (including phenoxy) is 3. The maximum Gasteiger partial charge on any atom is 0.212 e. The summed E-state index contributed by atoms with van der Waals surface area (Å²) in [5.74, 6) is 4.15. The van der Waals surface area contributed by atoms with Crippen molar-refractivity contribution in [2.45, 2.75) is 6.10 Å². The summed E-state index contributed by atoms with van der Waals surface area (Å²) in [5, 5.41) is 5.49. The second kappa shape index (κ2) is 11.7. The lowest BCUT2D eigenvalue weighted by Crippen LogP contribution is -2.19. The average Bonchev–Trinajstić information content (AvgIpc) is 3.43. The van der Waals surface area contributed by atoms with Crippen molar-refractivity contribution in [3.05, 3.63) is 77.1 Å². The van der Waals surface area contributed by atoms with Crippen molar-refractivity contribution in [2.24, 2.45) is 5.16 Å². The van der Waals surface area contributed by atoms with Crippen LogP contribution in [0.25, 0.3) is 22.2 Å². The minimum Gasteiger partial charge on any atom is -0.493 e. The molecule has 0 bridgehead atoms. The molecule has 0 radical (unpaired) electrons. The molecule has 0 aliphatic heterocycles. The summed E-state index contributed by atoms with van der Waals surface area (Å²) in [6.07, 6.45) is 4.96. The van der Waals surface area contributed by atoms with Crippen molar-refractivity contribution in [2.75, 3.05) is 41.5 Å². The number of terminal acetylenes is 1. The van der Waals surface area contributed by atoms with Crippen molar-refractivity contribution in [3.63, 3.8) is 0 Å². The van der Waals surface area contributed by atoms with Crippen LogP contribution in [0.4, 0.5) is 4.39 Å². The number of methoxy groups -OCH3 is 2. The first kappa shape index (κ1) is 27.8. The zero-order chi connectivity index (χ0) is 26.8. The van der Waals surface area contributed by atoms with Gasteiger partial charge in [0.2, 0.25) is 6.10 Å². The van der Waals surface area contributed by atoms with Gasteiger partial charge in [0, 0.05) is 39.7 Å². The van der Waals surface area contributed by atoms with Gasteiger partial charge in [0.05, 0.1) is 19.9 Å². The van der Waals surface area contributed by atoms with Crippen LogP contribution < -0.4 is 14.2 Å². The van der Waals surface area contributed by atoms with Crippen LogP contribution in [0.3, 0.4) is 0 Å². The standard InChI is InChI=1S/C30H28FN3O4.ClH/c1-6-25(18-7-9-19(31)10-8-18)38-33-30-22-17-27(36-5)26(35-4)16-21(22)29-28(30)23-15-20(11-12-24(23)32-29)37-14-13-34(2)3;/h1,7-12,15-17,25,32H,13-14H2,2-5H3;1H. The van der Waals surface area contributed by atoms with Crippen molar-refractivity contribution >= 4 is 29.0 Å². The molecule has 202 valence electrons. The van der Waals surface area contributed by atoms with Crippen LogP contribution in [0, 0.1) is 18.2 Å². The number of benzene rings is 3. The Hall–Kier alpha value is -4.19. The van der Waals surface area contributed by atoms with Crippen LogP contribution in [-0.4, -0.2) is 57.1 Å². The Kier molecular flexibility index (Phi) is 8.34. The van der Waals surface area contributed by atoms with E-state index in [1.807, 2.05) is 44.4 Å². The zero-order valence-electron chi connectivity index (χ0n) is 22.1. The monoisotopic (exact) mass is 549 g/mol. The summed E-state index contributed by atoms with van der Waals surface area (Å²) in [4.78, 5) is 11.5. The topological polar surface area (TPSA) is 68.3 Å². The number of halogens is 2. The molecule has 1 aliphatic carbocycles. The molecule has 9 heteroatoms. The van der Waals surface area contributed by atoms with Crippen molar-refractivity contribution < 1.29 is 23.4 Å². The molecule has 7 nitrogen and oxygen atoms in total. The highest BCUT2D eigenvalue weighted by atomic mass is 35.5. The predicted molar refractivity (Wildman–Crippen MR) is 153 cm³/mol. The zero-order valence-corrected chi connectivity index (χ0v) is 22.9. The minimum absolute atomic E-state index is 0. The first-order valence-corrected chi connectivity index (χ1v) is 12.1. The number of hydrogen-bond acceptors (Lipinski definition) is 6. The Morgan fingerprint density at radius 3 is 2.33 bits per heavy atom. The number of likely N-dealkylation sites (N-methyl/N-ethyl adjacent to an activating group) is 1. The lowest BCUT2D eigenvalue weighted by atomic mass is 10.1. The normalized spacial score (nSPS) is 13.4. The molecule has 1 aliphatic rings. The van der Waals surface area contributed by atoms with Gasteiger partial charge in [-0.15, -0.1) is 18.8 Å². The number of nitrogens with zero attached hydrogens (tertiary/aromatic N) is 2. The van der Waals surface area contributed by atoms with Gasteiger partial charge < -0.3 is 28.9 Å². The molecule has 3 aromatic carbocycles. The van der Waals surface area contributed by atoms with Crippen LogP contribution in [-0.2, 0) is 4.84 Å². The number of aromatic amines is 1. The molecule has 4 aromatic rings. The first-order valence-electron chi connectivity index (χ1n) is 12.1. The third-order valence-corrected chi connectivity index (χ3v) is 6.44. The van der Waals surface area contributed by atoms with E-state index in [1.54, 1.807) is 26.4 Å². The van der Waals surface area contributed by atoms with Crippen LogP contribution in [0.5, 0.6) is 17.2 Å². The van der Waals surface area contributed by atoms with Gasteiger partial charge in [-0.25, -0.2) is 4.39 Å². The highest BCUT2D eigenvalue weighted by Gasteiger charge is 2.32. The molecule has 1 N–H and O–H groups in total. The van der Waals surface area contributed by atoms with Gasteiger partial charge in [-0.3, -0.25) is 0 Å². The Morgan fingerprint density at radius 2 is 1.69 bits per heavy atom. The molecule has 1 aromatic heterocycles. The summed E-state index contributed by atoms with van der Waals surface area (Å²) >= 11 is 0. The molecular weight excluding hydrogens is 521 g/mol. The van der Waals surface area contributed by atoms with E-state index in [0.717, 1.165) is 45.6 Å². The summed E-state index contributed by atoms with van der Waals surface area (Å²) in [6, 6.07) is 15.6. The lowest BCUT2D eigenvalue weighted by Gasteiger charge is -2.13. The Balaban J connectivity index is 0.00000353. The summed E-state index contributed by atoms with van der Waals surface area (Å²) in [5.41, 5.74) is 5.58. The molecule has 0 spiro atoms. The molecule has 1 atom stereocenters. The molecule has 1 unspecified atom stereocenters. The van der Waals surface area contributed by atoms with E-state index < -0.39 is 6.10 Å². The highest BCUT2D eigenvalue weighted by molar-refractivity contribution is 6.30. The van der Waals surface area contributed by atoms with E-state index in [2.05, 4.69) is 21.0 Å². The van der Waals surface area contributed by atoms with E-state index in [-0.39, 0.29) is 18.2 Å².